The first-order chi connectivity index (χ1) is 17.1. The molecule has 0 fully saturated rings. The van der Waals surface area contributed by atoms with Crippen LogP contribution in [0.15, 0.2) is 69.5 Å². The largest absolute Gasteiger partial charge is 0.496 e. The van der Waals surface area contributed by atoms with Crippen LogP contribution >= 0.6 is 15.9 Å². The number of hydrogen-bond acceptors (Lipinski definition) is 6. The first kappa shape index (κ1) is 26.0. The summed E-state index contributed by atoms with van der Waals surface area (Å²) in [6.07, 6.45) is 1.15. The normalized spacial score (nSPS) is 18.9. The first-order valence-electron chi connectivity index (χ1n) is 12.1. The van der Waals surface area contributed by atoms with Gasteiger partial charge in [-0.2, -0.15) is 0 Å². The number of carbonyl (C=O) groups excluding carboxylic acids is 2. The number of ketones is 1. The Bertz CT molecular complexity index is 1260. The second-order valence-corrected chi connectivity index (χ2v) is 10.9. The molecule has 190 valence electrons. The van der Waals surface area contributed by atoms with Crippen molar-refractivity contribution in [2.24, 2.45) is 5.41 Å². The highest BCUT2D eigenvalue weighted by molar-refractivity contribution is 9.10. The molecule has 1 aliphatic heterocycles. The smallest absolute Gasteiger partial charge is 0.336 e. The average Bonchev–Trinajstić information content (AvgIpc) is 2.81. The Labute approximate surface area is 220 Å². The van der Waals surface area contributed by atoms with Gasteiger partial charge in [0.2, 0.25) is 0 Å². The monoisotopic (exact) mass is 553 g/mol. The van der Waals surface area contributed by atoms with Crippen molar-refractivity contribution in [1.29, 1.82) is 0 Å². The molecule has 1 aliphatic carbocycles. The Kier molecular flexibility index (Phi) is 7.59. The molecule has 36 heavy (non-hydrogen) atoms. The average molecular weight is 554 g/mol. The predicted molar refractivity (Wildman–Crippen MR) is 142 cm³/mol. The lowest BCUT2D eigenvalue weighted by Crippen LogP contribution is -2.38. The van der Waals surface area contributed by atoms with Gasteiger partial charge in [-0.05, 0) is 61.6 Å². The Morgan fingerprint density at radius 3 is 2.64 bits per heavy atom. The molecule has 0 amide bonds. The number of Topliss-reactive ketones (excluding diaryl/α,β-unsaturated/α-hetero) is 1. The lowest BCUT2D eigenvalue weighted by molar-refractivity contribution is -0.138. The molecule has 6 nitrogen and oxygen atoms in total. The zero-order chi connectivity index (χ0) is 26.0. The Hall–Kier alpha value is -3.06. The minimum atomic E-state index is -0.528. The highest BCUT2D eigenvalue weighted by Crippen LogP contribution is 2.47. The van der Waals surface area contributed by atoms with Crippen molar-refractivity contribution >= 4 is 27.7 Å². The minimum absolute atomic E-state index is 0.0517. The molecule has 2 aromatic carbocycles. The first-order valence-corrected chi connectivity index (χ1v) is 12.9. The maximum Gasteiger partial charge on any atom is 0.336 e. The molecule has 0 saturated carbocycles. The molecule has 1 atom stereocenters. The summed E-state index contributed by atoms with van der Waals surface area (Å²) >= 11 is 3.47. The van der Waals surface area contributed by atoms with Gasteiger partial charge in [-0.15, -0.1) is 0 Å². The van der Waals surface area contributed by atoms with Gasteiger partial charge in [0.15, 0.2) is 5.78 Å². The SMILES string of the molecule is CCOC(=O)C1=C(C)NC2=C(C(=O)CC(C)(C)C2)[C@H]1c1ccc(OC)c(COc2cccc(Br)c2)c1. The van der Waals surface area contributed by atoms with Crippen LogP contribution in [0.4, 0.5) is 0 Å². The van der Waals surface area contributed by atoms with E-state index >= 15 is 0 Å². The Balaban J connectivity index is 1.79. The molecule has 0 unspecified atom stereocenters. The molecule has 1 N–H and O–H groups in total. The molecule has 0 aromatic heterocycles. The van der Waals surface area contributed by atoms with Gasteiger partial charge in [-0.25, -0.2) is 4.79 Å². The van der Waals surface area contributed by atoms with Gasteiger partial charge in [0.1, 0.15) is 18.1 Å². The van der Waals surface area contributed by atoms with Crippen LogP contribution in [0.3, 0.4) is 0 Å². The van der Waals surface area contributed by atoms with E-state index in [9.17, 15) is 9.59 Å². The molecule has 0 radical (unpaired) electrons. The fourth-order valence-electron chi connectivity index (χ4n) is 5.06. The van der Waals surface area contributed by atoms with E-state index in [0.29, 0.717) is 29.0 Å². The van der Waals surface area contributed by atoms with Crippen LogP contribution in [-0.2, 0) is 20.9 Å². The van der Waals surface area contributed by atoms with Crippen LogP contribution in [0.2, 0.25) is 0 Å². The third-order valence-corrected chi connectivity index (χ3v) is 7.06. The number of benzene rings is 2. The van der Waals surface area contributed by atoms with E-state index in [1.54, 1.807) is 14.0 Å². The number of carbonyl (C=O) groups is 2. The van der Waals surface area contributed by atoms with Crippen LogP contribution < -0.4 is 14.8 Å². The van der Waals surface area contributed by atoms with E-state index in [4.69, 9.17) is 14.2 Å². The third kappa shape index (κ3) is 5.36. The van der Waals surface area contributed by atoms with Crippen LogP contribution in [0.5, 0.6) is 11.5 Å². The maximum atomic E-state index is 13.5. The lowest BCUT2D eigenvalue weighted by atomic mass is 9.68. The van der Waals surface area contributed by atoms with Gasteiger partial charge in [-0.1, -0.05) is 41.9 Å². The van der Waals surface area contributed by atoms with Gasteiger partial charge >= 0.3 is 5.97 Å². The number of esters is 1. The minimum Gasteiger partial charge on any atom is -0.496 e. The van der Waals surface area contributed by atoms with Gasteiger partial charge in [0.25, 0.3) is 0 Å². The molecule has 0 saturated heterocycles. The van der Waals surface area contributed by atoms with E-state index in [0.717, 1.165) is 33.5 Å². The van der Waals surface area contributed by atoms with Gasteiger partial charge in [0, 0.05) is 39.3 Å². The quantitative estimate of drug-likeness (QED) is 0.411. The standard InChI is InChI=1S/C29H32BrNO5/c1-6-35-28(33)25-17(2)31-22-14-29(3,4)15-23(32)27(22)26(25)18-10-11-24(34-5)19(12-18)16-36-21-9-7-8-20(30)13-21/h7-13,26,31H,6,14-16H2,1-5H3/t26-/m0/s1. The molecule has 2 aliphatic rings. The van der Waals surface area contributed by atoms with Crippen molar-refractivity contribution in [3.63, 3.8) is 0 Å². The fourth-order valence-corrected chi connectivity index (χ4v) is 5.44. The van der Waals surface area contributed by atoms with Gasteiger partial charge in [0.05, 0.1) is 19.3 Å². The highest BCUT2D eigenvalue weighted by atomic mass is 79.9. The van der Waals surface area contributed by atoms with Crippen LogP contribution in [-0.4, -0.2) is 25.5 Å². The lowest BCUT2D eigenvalue weighted by Gasteiger charge is -2.39. The van der Waals surface area contributed by atoms with Crippen LogP contribution in [0.25, 0.3) is 0 Å². The summed E-state index contributed by atoms with van der Waals surface area (Å²) in [5.74, 6) is 0.498. The molecule has 4 rings (SSSR count). The van der Waals surface area contributed by atoms with E-state index in [2.05, 4.69) is 35.1 Å². The maximum absolute atomic E-state index is 13.5. The van der Waals surface area contributed by atoms with Crippen molar-refractivity contribution < 1.29 is 23.8 Å². The summed E-state index contributed by atoms with van der Waals surface area (Å²) in [5, 5.41) is 3.37. The van der Waals surface area contributed by atoms with E-state index < -0.39 is 11.9 Å². The van der Waals surface area contributed by atoms with E-state index in [1.807, 2.05) is 49.4 Å². The van der Waals surface area contributed by atoms with E-state index in [-0.39, 0.29) is 24.4 Å². The van der Waals surface area contributed by atoms with Crippen molar-refractivity contribution in [2.45, 2.75) is 53.1 Å². The number of rotatable bonds is 7. The van der Waals surface area contributed by atoms with E-state index in [1.165, 1.54) is 0 Å². The highest BCUT2D eigenvalue weighted by Gasteiger charge is 2.43. The molecule has 2 aromatic rings. The van der Waals surface area contributed by atoms with Gasteiger partial charge < -0.3 is 19.5 Å². The topological polar surface area (TPSA) is 73.9 Å². The zero-order valence-corrected chi connectivity index (χ0v) is 23.0. The molecule has 0 bridgehead atoms. The molecule has 1 heterocycles. The van der Waals surface area contributed by atoms with Crippen molar-refractivity contribution in [1.82, 2.24) is 5.32 Å². The van der Waals surface area contributed by atoms with Crippen LogP contribution in [0.1, 0.15) is 57.6 Å². The summed E-state index contributed by atoms with van der Waals surface area (Å²) in [7, 11) is 1.61. The third-order valence-electron chi connectivity index (χ3n) is 6.56. The summed E-state index contributed by atoms with van der Waals surface area (Å²) < 4.78 is 18.0. The summed E-state index contributed by atoms with van der Waals surface area (Å²) in [6, 6.07) is 13.4. The number of hydrogen-bond donors (Lipinski definition) is 1. The van der Waals surface area contributed by atoms with Gasteiger partial charge in [-0.3, -0.25) is 4.79 Å². The number of nitrogens with one attached hydrogen (secondary N) is 1. The molecule has 7 heteroatoms. The Morgan fingerprint density at radius 2 is 1.94 bits per heavy atom. The van der Waals surface area contributed by atoms with Crippen molar-refractivity contribution in [3.8, 4) is 11.5 Å². The van der Waals surface area contributed by atoms with Crippen molar-refractivity contribution in [2.75, 3.05) is 13.7 Å². The summed E-state index contributed by atoms with van der Waals surface area (Å²) in [4.78, 5) is 26.6. The number of methoxy groups -OCH3 is 1. The number of ether oxygens (including phenoxy) is 3. The number of allylic oxidation sites excluding steroid dienone is 3. The van der Waals surface area contributed by atoms with Crippen LogP contribution in [0, 0.1) is 5.41 Å². The second kappa shape index (κ2) is 10.5. The fraction of sp³-hybridized carbons (Fsp3) is 0.379. The molecule has 0 spiro atoms. The molecular formula is C29H32BrNO5. The zero-order valence-electron chi connectivity index (χ0n) is 21.4. The number of dihydropyridines is 1. The molecular weight excluding hydrogens is 522 g/mol. The van der Waals surface area contributed by atoms with Crippen molar-refractivity contribution in [3.05, 3.63) is 80.6 Å². The predicted octanol–water partition coefficient (Wildman–Crippen LogP) is 6.20. The summed E-state index contributed by atoms with van der Waals surface area (Å²) in [5.41, 5.74) is 4.20. The second-order valence-electron chi connectivity index (χ2n) is 9.97. The summed E-state index contributed by atoms with van der Waals surface area (Å²) in [6.45, 7) is 8.36. The Morgan fingerprint density at radius 1 is 1.17 bits per heavy atom. The number of halogens is 1.